The normalized spacial score (nSPS) is 9.93. The third-order valence-corrected chi connectivity index (χ3v) is 3.26. The number of methoxy groups -OCH3 is 2. The maximum absolute atomic E-state index is 12.4. The number of aliphatic carboxylic acids is 1. The van der Waals surface area contributed by atoms with Crippen LogP contribution < -0.4 is 24.8 Å². The minimum absolute atomic E-state index is 0.101. The van der Waals surface area contributed by atoms with E-state index in [2.05, 4.69) is 20.6 Å². The molecule has 0 saturated carbocycles. The Morgan fingerprint density at radius 2 is 1.64 bits per heavy atom. The summed E-state index contributed by atoms with van der Waals surface area (Å²) in [5, 5.41) is 13.0. The van der Waals surface area contributed by atoms with E-state index < -0.39 is 30.9 Å². The van der Waals surface area contributed by atoms with Gasteiger partial charge < -0.3 is 30.0 Å². The standard InChI is InChI=1S/C17H18N4O7/c1-26-13-7-14(27-2)21-17(20-13)28-11-6-4-3-5-10(11)16(25)19-8-12(22)18-9-15(23)24/h3-7H,8-9H2,1-2H3,(H,18,22)(H,19,25)(H,23,24). The molecule has 11 nitrogen and oxygen atoms in total. The van der Waals surface area contributed by atoms with Crippen molar-refractivity contribution in [2.24, 2.45) is 0 Å². The number of para-hydroxylation sites is 1. The summed E-state index contributed by atoms with van der Waals surface area (Å²) in [6, 6.07) is 7.62. The SMILES string of the molecule is COc1cc(OC)nc(Oc2ccccc2C(=O)NCC(=O)NCC(=O)O)n1. The third kappa shape index (κ3) is 5.83. The van der Waals surface area contributed by atoms with Gasteiger partial charge in [0.15, 0.2) is 0 Å². The van der Waals surface area contributed by atoms with Crippen molar-refractivity contribution < 1.29 is 33.7 Å². The van der Waals surface area contributed by atoms with E-state index in [0.717, 1.165) is 0 Å². The predicted octanol–water partition coefficient (Wildman–Crippen LogP) is 0.217. The Morgan fingerprint density at radius 3 is 2.25 bits per heavy atom. The van der Waals surface area contributed by atoms with Gasteiger partial charge in [-0.2, -0.15) is 9.97 Å². The zero-order valence-corrected chi connectivity index (χ0v) is 15.1. The van der Waals surface area contributed by atoms with Crippen molar-refractivity contribution in [2.45, 2.75) is 0 Å². The number of rotatable bonds is 9. The van der Waals surface area contributed by atoms with Crippen molar-refractivity contribution in [1.29, 1.82) is 0 Å². The lowest BCUT2D eigenvalue weighted by molar-refractivity contribution is -0.137. The summed E-state index contributed by atoms with van der Waals surface area (Å²) in [5.41, 5.74) is 0.124. The maximum atomic E-state index is 12.4. The molecule has 0 fully saturated rings. The van der Waals surface area contributed by atoms with Crippen molar-refractivity contribution >= 4 is 17.8 Å². The first-order valence-electron chi connectivity index (χ1n) is 7.93. The van der Waals surface area contributed by atoms with Gasteiger partial charge in [0.25, 0.3) is 5.91 Å². The smallest absolute Gasteiger partial charge is 0.328 e. The highest BCUT2D eigenvalue weighted by molar-refractivity contribution is 5.99. The molecule has 28 heavy (non-hydrogen) atoms. The number of hydrogen-bond donors (Lipinski definition) is 3. The van der Waals surface area contributed by atoms with Crippen LogP contribution in [0.1, 0.15) is 10.4 Å². The van der Waals surface area contributed by atoms with Gasteiger partial charge in [-0.1, -0.05) is 12.1 Å². The molecule has 0 bridgehead atoms. The molecule has 0 aliphatic carbocycles. The molecule has 2 aromatic rings. The molecule has 0 aliphatic rings. The summed E-state index contributed by atoms with van der Waals surface area (Å²) in [6.45, 7) is -0.937. The second-order valence-corrected chi connectivity index (χ2v) is 5.19. The van der Waals surface area contributed by atoms with E-state index in [1.54, 1.807) is 12.1 Å². The topological polar surface area (TPSA) is 149 Å². The van der Waals surface area contributed by atoms with Crippen molar-refractivity contribution in [1.82, 2.24) is 20.6 Å². The van der Waals surface area contributed by atoms with Crippen LogP contribution in [0.3, 0.4) is 0 Å². The molecule has 0 spiro atoms. The number of hydrogen-bond acceptors (Lipinski definition) is 8. The lowest BCUT2D eigenvalue weighted by Gasteiger charge is -2.11. The summed E-state index contributed by atoms with van der Waals surface area (Å²) < 4.78 is 15.7. The molecule has 148 valence electrons. The largest absolute Gasteiger partial charge is 0.481 e. The second kappa shape index (κ2) is 9.71. The quantitative estimate of drug-likeness (QED) is 0.546. The molecule has 11 heteroatoms. The Kier molecular flexibility index (Phi) is 7.08. The van der Waals surface area contributed by atoms with Crippen LogP contribution in [-0.2, 0) is 9.59 Å². The maximum Gasteiger partial charge on any atom is 0.328 e. The first-order chi connectivity index (χ1) is 13.4. The molecule has 0 aliphatic heterocycles. The predicted molar refractivity (Wildman–Crippen MR) is 94.6 cm³/mol. The Bertz CT molecular complexity index is 850. The van der Waals surface area contributed by atoms with E-state index in [9.17, 15) is 14.4 Å². The molecule has 1 aromatic heterocycles. The molecule has 3 N–H and O–H groups in total. The van der Waals surface area contributed by atoms with Crippen LogP contribution >= 0.6 is 0 Å². The van der Waals surface area contributed by atoms with E-state index in [1.165, 1.54) is 32.4 Å². The van der Waals surface area contributed by atoms with E-state index >= 15 is 0 Å². The summed E-state index contributed by atoms with van der Waals surface area (Å²) in [5.74, 6) is -1.88. The van der Waals surface area contributed by atoms with Gasteiger partial charge in [-0.15, -0.1) is 0 Å². The fourth-order valence-corrected chi connectivity index (χ4v) is 1.97. The molecule has 0 saturated heterocycles. The van der Waals surface area contributed by atoms with Gasteiger partial charge in [-0.05, 0) is 12.1 Å². The Labute approximate surface area is 159 Å². The number of amides is 2. The third-order valence-electron chi connectivity index (χ3n) is 3.26. The van der Waals surface area contributed by atoms with Crippen LogP contribution in [0.5, 0.6) is 23.5 Å². The van der Waals surface area contributed by atoms with E-state index in [0.29, 0.717) is 0 Å². The van der Waals surface area contributed by atoms with Crippen molar-refractivity contribution in [2.75, 3.05) is 27.3 Å². The highest BCUT2D eigenvalue weighted by Crippen LogP contribution is 2.26. The molecular formula is C17H18N4O7. The first-order valence-corrected chi connectivity index (χ1v) is 7.93. The van der Waals surface area contributed by atoms with Gasteiger partial charge in [-0.3, -0.25) is 14.4 Å². The molecule has 0 radical (unpaired) electrons. The average Bonchev–Trinajstić information content (AvgIpc) is 2.70. The number of carboxylic acid groups (broad SMARTS) is 1. The zero-order chi connectivity index (χ0) is 20.5. The lowest BCUT2D eigenvalue weighted by Crippen LogP contribution is -2.39. The van der Waals surface area contributed by atoms with Crippen molar-refractivity contribution in [3.8, 4) is 23.5 Å². The molecular weight excluding hydrogens is 372 g/mol. The fourth-order valence-electron chi connectivity index (χ4n) is 1.97. The van der Waals surface area contributed by atoms with Crippen LogP contribution in [0.25, 0.3) is 0 Å². The van der Waals surface area contributed by atoms with E-state index in [1.807, 2.05) is 0 Å². The van der Waals surface area contributed by atoms with Crippen molar-refractivity contribution in [3.05, 3.63) is 35.9 Å². The molecule has 2 rings (SSSR count). The van der Waals surface area contributed by atoms with Crippen LogP contribution in [-0.4, -0.2) is 60.2 Å². The van der Waals surface area contributed by atoms with Gasteiger partial charge in [-0.25, -0.2) is 0 Å². The van der Waals surface area contributed by atoms with Gasteiger partial charge in [0.1, 0.15) is 12.3 Å². The number of carbonyl (C=O) groups is 3. The number of nitrogens with zero attached hydrogens (tertiary/aromatic N) is 2. The lowest BCUT2D eigenvalue weighted by atomic mass is 10.2. The summed E-state index contributed by atoms with van der Waals surface area (Å²) in [7, 11) is 2.84. The Morgan fingerprint density at radius 1 is 1.00 bits per heavy atom. The molecule has 2 amide bonds. The van der Waals surface area contributed by atoms with Crippen LogP contribution in [0, 0.1) is 0 Å². The zero-order valence-electron chi connectivity index (χ0n) is 15.1. The highest BCUT2D eigenvalue weighted by Gasteiger charge is 2.16. The average molecular weight is 390 g/mol. The van der Waals surface area contributed by atoms with Crippen LogP contribution in [0.15, 0.2) is 30.3 Å². The molecule has 0 unspecified atom stereocenters. The number of ether oxygens (including phenoxy) is 3. The van der Waals surface area contributed by atoms with E-state index in [4.69, 9.17) is 19.3 Å². The minimum Gasteiger partial charge on any atom is -0.481 e. The Balaban J connectivity index is 2.11. The fraction of sp³-hybridized carbons (Fsp3) is 0.235. The van der Waals surface area contributed by atoms with Gasteiger partial charge in [0.05, 0.1) is 32.4 Å². The minimum atomic E-state index is -1.19. The number of aromatic nitrogens is 2. The van der Waals surface area contributed by atoms with E-state index in [-0.39, 0.29) is 29.1 Å². The van der Waals surface area contributed by atoms with Gasteiger partial charge >= 0.3 is 12.0 Å². The molecule has 1 heterocycles. The number of carbonyl (C=O) groups excluding carboxylic acids is 2. The monoisotopic (exact) mass is 390 g/mol. The second-order valence-electron chi connectivity index (χ2n) is 5.19. The highest BCUT2D eigenvalue weighted by atomic mass is 16.5. The number of benzene rings is 1. The first kappa shape index (κ1) is 20.4. The number of nitrogens with one attached hydrogen (secondary N) is 2. The summed E-state index contributed by atoms with van der Waals surface area (Å²) >= 11 is 0. The van der Waals surface area contributed by atoms with Crippen molar-refractivity contribution in [3.63, 3.8) is 0 Å². The Hall–Kier alpha value is -3.89. The number of carboxylic acids is 1. The molecule has 1 aromatic carbocycles. The van der Waals surface area contributed by atoms with Crippen LogP contribution in [0.4, 0.5) is 0 Å². The van der Waals surface area contributed by atoms with Gasteiger partial charge in [0, 0.05) is 0 Å². The molecule has 0 atom stereocenters. The van der Waals surface area contributed by atoms with Crippen LogP contribution in [0.2, 0.25) is 0 Å². The summed E-state index contributed by atoms with van der Waals surface area (Å²) in [4.78, 5) is 42.4. The summed E-state index contributed by atoms with van der Waals surface area (Å²) in [6.07, 6.45) is 0. The van der Waals surface area contributed by atoms with Gasteiger partial charge in [0.2, 0.25) is 17.7 Å².